The second kappa shape index (κ2) is 7.30. The van der Waals surface area contributed by atoms with Crippen LogP contribution in [0, 0.1) is 0 Å². The minimum Gasteiger partial charge on any atom is -0.236 e. The Bertz CT molecular complexity index is 1610. The maximum absolute atomic E-state index is 13.1. The van der Waals surface area contributed by atoms with Crippen molar-refractivity contribution in [3.8, 4) is 22.9 Å². The number of hydrogen-bond acceptors (Lipinski definition) is 8. The van der Waals surface area contributed by atoms with Crippen LogP contribution in [0.2, 0.25) is 0 Å². The molecule has 10 nitrogen and oxygen atoms in total. The summed E-state index contributed by atoms with van der Waals surface area (Å²) in [5.74, 6) is -0.126. The summed E-state index contributed by atoms with van der Waals surface area (Å²) in [5, 5.41) is 8.10. The number of halogens is 3. The maximum Gasteiger partial charge on any atom is 0.416 e. The fourth-order valence-corrected chi connectivity index (χ4v) is 4.21. The first-order chi connectivity index (χ1) is 15.7. The van der Waals surface area contributed by atoms with Crippen molar-refractivity contribution in [1.29, 1.82) is 0 Å². The van der Waals surface area contributed by atoms with Crippen molar-refractivity contribution >= 4 is 21.1 Å². The summed E-state index contributed by atoms with van der Waals surface area (Å²) in [4.78, 5) is 16.7. The largest absolute Gasteiger partial charge is 0.416 e. The van der Waals surface area contributed by atoms with Crippen molar-refractivity contribution in [3.05, 3.63) is 54.6 Å². The SMILES string of the molecule is CCS(=O)(=O)c1nn2c(-c3ncccn3)ccnc2c1-c1nc2cc(C(F)(F)F)ccn2n1. The van der Waals surface area contributed by atoms with Gasteiger partial charge in [0, 0.05) is 24.8 Å². The van der Waals surface area contributed by atoms with Gasteiger partial charge in [-0.15, -0.1) is 5.10 Å². The van der Waals surface area contributed by atoms with Gasteiger partial charge in [0.25, 0.3) is 0 Å². The summed E-state index contributed by atoms with van der Waals surface area (Å²) >= 11 is 0. The molecule has 0 fully saturated rings. The van der Waals surface area contributed by atoms with Crippen molar-refractivity contribution in [3.63, 3.8) is 0 Å². The molecule has 0 N–H and O–H groups in total. The van der Waals surface area contributed by atoms with Crippen LogP contribution in [-0.2, 0) is 16.0 Å². The van der Waals surface area contributed by atoms with E-state index < -0.39 is 21.6 Å². The van der Waals surface area contributed by atoms with Crippen LogP contribution in [0.3, 0.4) is 0 Å². The summed E-state index contributed by atoms with van der Waals surface area (Å²) < 4.78 is 67.4. The molecule has 0 unspecified atom stereocenters. The molecule has 14 heteroatoms. The Morgan fingerprint density at radius 3 is 2.45 bits per heavy atom. The Morgan fingerprint density at radius 1 is 1.00 bits per heavy atom. The lowest BCUT2D eigenvalue weighted by Crippen LogP contribution is -2.07. The Labute approximate surface area is 183 Å². The summed E-state index contributed by atoms with van der Waals surface area (Å²) in [7, 11) is -3.89. The molecular formula is C19H13F3N8O2S. The molecule has 0 amide bonds. The first-order valence-electron chi connectivity index (χ1n) is 9.51. The maximum atomic E-state index is 13.1. The molecule has 0 atom stereocenters. The van der Waals surface area contributed by atoms with Crippen molar-refractivity contribution in [1.82, 2.24) is 39.2 Å². The fraction of sp³-hybridized carbons (Fsp3) is 0.158. The number of nitrogens with zero attached hydrogens (tertiary/aromatic N) is 8. The van der Waals surface area contributed by atoms with Crippen LogP contribution < -0.4 is 0 Å². The second-order valence-corrected chi connectivity index (χ2v) is 9.07. The highest BCUT2D eigenvalue weighted by Gasteiger charge is 2.32. The monoisotopic (exact) mass is 474 g/mol. The third kappa shape index (κ3) is 3.47. The molecule has 0 spiro atoms. The topological polar surface area (TPSA) is 120 Å². The van der Waals surface area contributed by atoms with Gasteiger partial charge in [0.05, 0.1) is 11.3 Å². The predicted octanol–water partition coefficient (Wildman–Crippen LogP) is 2.71. The van der Waals surface area contributed by atoms with Crippen LogP contribution in [0.4, 0.5) is 13.2 Å². The minimum atomic E-state index is -4.57. The van der Waals surface area contributed by atoms with Crippen molar-refractivity contribution in [2.75, 3.05) is 5.75 Å². The van der Waals surface area contributed by atoms with Crippen LogP contribution in [0.1, 0.15) is 12.5 Å². The van der Waals surface area contributed by atoms with Gasteiger partial charge in [-0.3, -0.25) is 0 Å². The van der Waals surface area contributed by atoms with Crippen LogP contribution in [0.15, 0.2) is 54.1 Å². The number of sulfone groups is 1. The van der Waals surface area contributed by atoms with Gasteiger partial charge in [0.1, 0.15) is 11.3 Å². The Kier molecular flexibility index (Phi) is 4.63. The lowest BCUT2D eigenvalue weighted by Gasteiger charge is -2.05. The standard InChI is InChI=1S/C19H13F3N8O2S/c1-2-33(31,32)18-14(16-26-13-10-11(19(20,21)22)5-9-29(13)27-16)17-25-8-4-12(30(17)28-18)15-23-6-3-7-24-15/h3-10H,2H2,1H3. The summed E-state index contributed by atoms with van der Waals surface area (Å²) in [5.41, 5.74) is -0.577. The third-order valence-corrected chi connectivity index (χ3v) is 6.48. The quantitative estimate of drug-likeness (QED) is 0.390. The highest BCUT2D eigenvalue weighted by atomic mass is 32.2. The van der Waals surface area contributed by atoms with E-state index in [-0.39, 0.29) is 39.3 Å². The summed E-state index contributed by atoms with van der Waals surface area (Å²) in [6.45, 7) is 1.45. The minimum absolute atomic E-state index is 0.0214. The van der Waals surface area contributed by atoms with E-state index in [1.165, 1.54) is 30.0 Å². The Balaban J connectivity index is 1.81. The van der Waals surface area contributed by atoms with E-state index in [0.29, 0.717) is 5.69 Å². The molecule has 0 aromatic carbocycles. The van der Waals surface area contributed by atoms with Gasteiger partial charge in [-0.25, -0.2) is 37.4 Å². The van der Waals surface area contributed by atoms with Gasteiger partial charge in [-0.05, 0) is 24.3 Å². The van der Waals surface area contributed by atoms with Crippen LogP contribution in [0.5, 0.6) is 0 Å². The van der Waals surface area contributed by atoms with E-state index in [2.05, 4.69) is 30.1 Å². The molecule has 0 radical (unpaired) electrons. The molecule has 0 aliphatic heterocycles. The van der Waals surface area contributed by atoms with Gasteiger partial charge < -0.3 is 0 Å². The summed E-state index contributed by atoms with van der Waals surface area (Å²) in [6.07, 6.45) is 0.994. The van der Waals surface area contributed by atoms with Gasteiger partial charge in [0.2, 0.25) is 0 Å². The number of pyridine rings is 1. The molecule has 33 heavy (non-hydrogen) atoms. The van der Waals surface area contributed by atoms with Crippen LogP contribution in [0.25, 0.3) is 34.2 Å². The zero-order valence-electron chi connectivity index (χ0n) is 16.8. The number of hydrogen-bond donors (Lipinski definition) is 0. The van der Waals surface area contributed by atoms with Gasteiger partial charge in [-0.2, -0.15) is 18.3 Å². The molecule has 0 bridgehead atoms. The summed E-state index contributed by atoms with van der Waals surface area (Å²) in [6, 6.07) is 4.87. The molecular weight excluding hydrogens is 461 g/mol. The normalized spacial score (nSPS) is 12.6. The van der Waals surface area contributed by atoms with E-state index >= 15 is 0 Å². The van der Waals surface area contributed by atoms with Crippen LogP contribution >= 0.6 is 0 Å². The van der Waals surface area contributed by atoms with Crippen molar-refractivity contribution < 1.29 is 21.6 Å². The van der Waals surface area contributed by atoms with Crippen LogP contribution in [-0.4, -0.2) is 53.3 Å². The Hall–Kier alpha value is -3.94. The lowest BCUT2D eigenvalue weighted by molar-refractivity contribution is -0.137. The molecule has 0 saturated carbocycles. The molecule has 5 aromatic rings. The van der Waals surface area contributed by atoms with Gasteiger partial charge in [0.15, 0.2) is 37.8 Å². The molecule has 5 aromatic heterocycles. The van der Waals surface area contributed by atoms with Crippen molar-refractivity contribution in [2.24, 2.45) is 0 Å². The number of rotatable bonds is 4. The Morgan fingerprint density at radius 2 is 1.76 bits per heavy atom. The zero-order chi connectivity index (χ0) is 23.4. The van der Waals surface area contributed by atoms with E-state index in [1.54, 1.807) is 12.1 Å². The van der Waals surface area contributed by atoms with Crippen molar-refractivity contribution in [2.45, 2.75) is 18.1 Å². The molecule has 5 heterocycles. The molecule has 168 valence electrons. The predicted molar refractivity (Wildman–Crippen MR) is 109 cm³/mol. The smallest absolute Gasteiger partial charge is 0.236 e. The highest BCUT2D eigenvalue weighted by Crippen LogP contribution is 2.33. The average molecular weight is 474 g/mol. The van der Waals surface area contributed by atoms with E-state index in [4.69, 9.17) is 0 Å². The fourth-order valence-electron chi connectivity index (χ4n) is 3.24. The van der Waals surface area contributed by atoms with Gasteiger partial charge >= 0.3 is 6.18 Å². The highest BCUT2D eigenvalue weighted by molar-refractivity contribution is 7.91. The average Bonchev–Trinajstić information content (AvgIpc) is 3.40. The number of alkyl halides is 3. The van der Waals surface area contributed by atoms with E-state index in [9.17, 15) is 21.6 Å². The first-order valence-corrected chi connectivity index (χ1v) is 11.2. The number of fused-ring (bicyclic) bond motifs is 2. The molecule has 5 rings (SSSR count). The zero-order valence-corrected chi connectivity index (χ0v) is 17.6. The van der Waals surface area contributed by atoms with E-state index in [1.807, 2.05) is 0 Å². The first kappa shape index (κ1) is 20.9. The molecule has 0 aliphatic rings. The van der Waals surface area contributed by atoms with Gasteiger partial charge in [-0.1, -0.05) is 6.92 Å². The lowest BCUT2D eigenvalue weighted by atomic mass is 10.2. The van der Waals surface area contributed by atoms with E-state index in [0.717, 1.165) is 22.8 Å². The number of aromatic nitrogens is 8. The molecule has 0 aliphatic carbocycles. The third-order valence-electron chi connectivity index (χ3n) is 4.84. The second-order valence-electron chi connectivity index (χ2n) is 6.87. The molecule has 0 saturated heterocycles.